The van der Waals surface area contributed by atoms with Gasteiger partial charge in [-0.05, 0) is 49.2 Å². The van der Waals surface area contributed by atoms with Crippen LogP contribution in [0.2, 0.25) is 0 Å². The Hall–Kier alpha value is -2.42. The Balaban J connectivity index is 1.91. The predicted octanol–water partition coefficient (Wildman–Crippen LogP) is 3.66. The molecule has 0 aliphatic rings. The highest BCUT2D eigenvalue weighted by molar-refractivity contribution is 5.86. The molecule has 0 radical (unpaired) electrons. The SMILES string of the molecule is CC(=O)C(C)N=Cc1ccc(OCc2ccccc2)cc1. The molecule has 1 unspecified atom stereocenters. The topological polar surface area (TPSA) is 38.7 Å². The van der Waals surface area contributed by atoms with Crippen molar-refractivity contribution in [1.82, 2.24) is 0 Å². The van der Waals surface area contributed by atoms with Gasteiger partial charge in [-0.3, -0.25) is 9.79 Å². The zero-order chi connectivity index (χ0) is 15.1. The van der Waals surface area contributed by atoms with Crippen molar-refractivity contribution in [3.05, 3.63) is 65.7 Å². The van der Waals surface area contributed by atoms with E-state index >= 15 is 0 Å². The van der Waals surface area contributed by atoms with Crippen LogP contribution in [0, 0.1) is 0 Å². The van der Waals surface area contributed by atoms with Crippen molar-refractivity contribution in [2.24, 2.45) is 4.99 Å². The largest absolute Gasteiger partial charge is 0.489 e. The smallest absolute Gasteiger partial charge is 0.153 e. The summed E-state index contributed by atoms with van der Waals surface area (Å²) in [5.74, 6) is 0.879. The van der Waals surface area contributed by atoms with Crippen LogP contribution >= 0.6 is 0 Å². The number of Topliss-reactive ketones (excluding diaryl/α,β-unsaturated/α-hetero) is 1. The molecule has 0 heterocycles. The zero-order valence-electron chi connectivity index (χ0n) is 12.3. The molecule has 2 rings (SSSR count). The Labute approximate surface area is 125 Å². The number of hydrogen-bond acceptors (Lipinski definition) is 3. The number of carbonyl (C=O) groups excluding carboxylic acids is 1. The van der Waals surface area contributed by atoms with Crippen LogP contribution in [0.4, 0.5) is 0 Å². The van der Waals surface area contributed by atoms with Gasteiger partial charge in [0.15, 0.2) is 5.78 Å². The van der Waals surface area contributed by atoms with Gasteiger partial charge in [0.2, 0.25) is 0 Å². The average Bonchev–Trinajstić information content (AvgIpc) is 2.52. The lowest BCUT2D eigenvalue weighted by Gasteiger charge is -2.06. The van der Waals surface area contributed by atoms with E-state index in [1.807, 2.05) is 54.6 Å². The van der Waals surface area contributed by atoms with E-state index in [1.54, 1.807) is 20.1 Å². The normalized spacial score (nSPS) is 12.3. The Kier molecular flexibility index (Phi) is 5.27. The van der Waals surface area contributed by atoms with Gasteiger partial charge in [0.05, 0.1) is 0 Å². The molecular weight excluding hydrogens is 262 g/mol. The van der Waals surface area contributed by atoms with E-state index < -0.39 is 0 Å². The van der Waals surface area contributed by atoms with Crippen LogP contribution in [0.5, 0.6) is 5.75 Å². The molecule has 0 fully saturated rings. The van der Waals surface area contributed by atoms with Crippen LogP contribution in [0.15, 0.2) is 59.6 Å². The summed E-state index contributed by atoms with van der Waals surface area (Å²) < 4.78 is 5.71. The second kappa shape index (κ2) is 7.39. The van der Waals surface area contributed by atoms with Crippen LogP contribution in [0.25, 0.3) is 0 Å². The molecular formula is C18H19NO2. The number of ketones is 1. The Bertz CT molecular complexity index is 603. The second-order valence-corrected chi connectivity index (χ2v) is 4.91. The Morgan fingerprint density at radius 1 is 1.14 bits per heavy atom. The van der Waals surface area contributed by atoms with Gasteiger partial charge in [-0.25, -0.2) is 0 Å². The molecule has 1 atom stereocenters. The molecule has 21 heavy (non-hydrogen) atoms. The molecule has 0 spiro atoms. The summed E-state index contributed by atoms with van der Waals surface area (Å²) in [4.78, 5) is 15.3. The number of hydrogen-bond donors (Lipinski definition) is 0. The quantitative estimate of drug-likeness (QED) is 0.758. The third-order valence-corrected chi connectivity index (χ3v) is 3.16. The van der Waals surface area contributed by atoms with Crippen LogP contribution < -0.4 is 4.74 Å². The van der Waals surface area contributed by atoms with Gasteiger partial charge in [-0.1, -0.05) is 30.3 Å². The van der Waals surface area contributed by atoms with Gasteiger partial charge in [0, 0.05) is 6.21 Å². The van der Waals surface area contributed by atoms with Crippen molar-refractivity contribution < 1.29 is 9.53 Å². The minimum atomic E-state index is -0.293. The summed E-state index contributed by atoms with van der Waals surface area (Å²) >= 11 is 0. The van der Waals surface area contributed by atoms with Gasteiger partial charge in [0.25, 0.3) is 0 Å². The Morgan fingerprint density at radius 2 is 1.81 bits per heavy atom. The lowest BCUT2D eigenvalue weighted by molar-refractivity contribution is -0.117. The fraction of sp³-hybridized carbons (Fsp3) is 0.222. The van der Waals surface area contributed by atoms with E-state index in [1.165, 1.54) is 0 Å². The molecule has 108 valence electrons. The molecule has 0 bridgehead atoms. The first kappa shape index (κ1) is 15.0. The first-order chi connectivity index (χ1) is 10.1. The summed E-state index contributed by atoms with van der Waals surface area (Å²) in [5.41, 5.74) is 2.09. The van der Waals surface area contributed by atoms with Crippen LogP contribution in [0.3, 0.4) is 0 Å². The number of benzene rings is 2. The number of nitrogens with zero attached hydrogens (tertiary/aromatic N) is 1. The van der Waals surface area contributed by atoms with Crippen molar-refractivity contribution >= 4 is 12.0 Å². The highest BCUT2D eigenvalue weighted by atomic mass is 16.5. The Morgan fingerprint density at radius 3 is 2.43 bits per heavy atom. The summed E-state index contributed by atoms with van der Waals surface area (Å²) in [6, 6.07) is 17.4. The van der Waals surface area contributed by atoms with Crippen molar-refractivity contribution in [1.29, 1.82) is 0 Å². The molecule has 0 aliphatic heterocycles. The molecule has 3 heteroatoms. The molecule has 2 aromatic rings. The number of aliphatic imine (C=N–C) groups is 1. The lowest BCUT2D eigenvalue weighted by Crippen LogP contribution is -2.09. The van der Waals surface area contributed by atoms with E-state index in [9.17, 15) is 4.79 Å². The molecule has 0 N–H and O–H groups in total. The second-order valence-electron chi connectivity index (χ2n) is 4.91. The van der Waals surface area contributed by atoms with Gasteiger partial charge < -0.3 is 4.74 Å². The van der Waals surface area contributed by atoms with Crippen molar-refractivity contribution in [2.45, 2.75) is 26.5 Å². The van der Waals surface area contributed by atoms with Crippen molar-refractivity contribution in [2.75, 3.05) is 0 Å². The minimum absolute atomic E-state index is 0.0639. The monoisotopic (exact) mass is 281 g/mol. The number of rotatable bonds is 6. The molecule has 3 nitrogen and oxygen atoms in total. The van der Waals surface area contributed by atoms with E-state index in [0.717, 1.165) is 16.9 Å². The summed E-state index contributed by atoms with van der Waals surface area (Å²) in [5, 5.41) is 0. The van der Waals surface area contributed by atoms with Crippen LogP contribution in [-0.2, 0) is 11.4 Å². The molecule has 0 saturated carbocycles. The molecule has 0 aliphatic carbocycles. The van der Waals surface area contributed by atoms with E-state index in [4.69, 9.17) is 4.74 Å². The fourth-order valence-electron chi connectivity index (χ4n) is 1.69. The zero-order valence-corrected chi connectivity index (χ0v) is 12.3. The molecule has 0 saturated heterocycles. The summed E-state index contributed by atoms with van der Waals surface area (Å²) in [6.45, 7) is 3.88. The first-order valence-electron chi connectivity index (χ1n) is 6.95. The van der Waals surface area contributed by atoms with Gasteiger partial charge in [0.1, 0.15) is 18.4 Å². The van der Waals surface area contributed by atoms with Gasteiger partial charge >= 0.3 is 0 Å². The maximum Gasteiger partial charge on any atom is 0.153 e. The standard InChI is InChI=1S/C18H19NO2/c1-14(15(2)20)19-12-16-8-10-18(11-9-16)21-13-17-6-4-3-5-7-17/h3-12,14H,13H2,1-2H3. The average molecular weight is 281 g/mol. The highest BCUT2D eigenvalue weighted by Gasteiger charge is 2.02. The molecule has 0 amide bonds. The van der Waals surface area contributed by atoms with Crippen molar-refractivity contribution in [3.63, 3.8) is 0 Å². The highest BCUT2D eigenvalue weighted by Crippen LogP contribution is 2.13. The number of carbonyl (C=O) groups is 1. The summed E-state index contributed by atoms with van der Waals surface area (Å²) in [6.07, 6.45) is 1.72. The third-order valence-electron chi connectivity index (χ3n) is 3.16. The maximum absolute atomic E-state index is 11.1. The minimum Gasteiger partial charge on any atom is -0.489 e. The van der Waals surface area contributed by atoms with E-state index in [-0.39, 0.29) is 11.8 Å². The molecule has 0 aromatic heterocycles. The van der Waals surface area contributed by atoms with E-state index in [0.29, 0.717) is 6.61 Å². The van der Waals surface area contributed by atoms with Crippen molar-refractivity contribution in [3.8, 4) is 5.75 Å². The van der Waals surface area contributed by atoms with E-state index in [2.05, 4.69) is 4.99 Å². The fourth-order valence-corrected chi connectivity index (χ4v) is 1.69. The van der Waals surface area contributed by atoms with Crippen LogP contribution in [-0.4, -0.2) is 18.0 Å². The maximum atomic E-state index is 11.1. The summed E-state index contributed by atoms with van der Waals surface area (Å²) in [7, 11) is 0. The molecule has 2 aromatic carbocycles. The lowest BCUT2D eigenvalue weighted by atomic mass is 10.2. The van der Waals surface area contributed by atoms with Gasteiger partial charge in [-0.15, -0.1) is 0 Å². The predicted molar refractivity (Wildman–Crippen MR) is 85.0 cm³/mol. The third kappa shape index (κ3) is 4.88. The van der Waals surface area contributed by atoms with Crippen LogP contribution in [0.1, 0.15) is 25.0 Å². The first-order valence-corrected chi connectivity index (χ1v) is 6.95. The van der Waals surface area contributed by atoms with Gasteiger partial charge in [-0.2, -0.15) is 0 Å². The number of ether oxygens (including phenoxy) is 1.